The number of hydrogen-bond acceptors (Lipinski definition) is 5. The summed E-state index contributed by atoms with van der Waals surface area (Å²) < 4.78 is 5.87. The second-order valence-corrected chi connectivity index (χ2v) is 7.37. The number of aryl methyl sites for hydroxylation is 2. The van der Waals surface area contributed by atoms with E-state index < -0.39 is 0 Å². The number of aromatic nitrogens is 1. The van der Waals surface area contributed by atoms with Crippen LogP contribution in [-0.4, -0.2) is 17.1 Å². The van der Waals surface area contributed by atoms with Gasteiger partial charge in [-0.25, -0.2) is 10.4 Å². The third kappa shape index (κ3) is 4.93. The molecule has 3 rings (SSSR count). The first kappa shape index (κ1) is 19.1. The number of hydrogen-bond donors (Lipinski definition) is 1. The lowest BCUT2D eigenvalue weighted by molar-refractivity contribution is 0.0958. The summed E-state index contributed by atoms with van der Waals surface area (Å²) in [5, 5.41) is 5.56. The van der Waals surface area contributed by atoms with Crippen molar-refractivity contribution in [3.8, 4) is 5.75 Å². The Balaban J connectivity index is 1.67. The molecule has 0 aliphatic rings. The van der Waals surface area contributed by atoms with Crippen LogP contribution in [-0.2, 0) is 6.61 Å². The Kier molecular flexibility index (Phi) is 6.21. The van der Waals surface area contributed by atoms with Gasteiger partial charge in [-0.1, -0.05) is 41.9 Å². The average molecular weight is 400 g/mol. The van der Waals surface area contributed by atoms with Gasteiger partial charge < -0.3 is 4.74 Å². The van der Waals surface area contributed by atoms with Crippen molar-refractivity contribution in [2.45, 2.75) is 20.5 Å². The third-order valence-corrected chi connectivity index (χ3v) is 5.18. The summed E-state index contributed by atoms with van der Waals surface area (Å²) in [5.74, 6) is 0.379. The fraction of sp³-hybridized carbons (Fsp3) is 0.150. The van der Waals surface area contributed by atoms with Crippen molar-refractivity contribution in [3.63, 3.8) is 0 Å². The summed E-state index contributed by atoms with van der Waals surface area (Å²) in [6.45, 7) is 4.01. The van der Waals surface area contributed by atoms with Gasteiger partial charge in [0.1, 0.15) is 17.2 Å². The first-order chi connectivity index (χ1) is 13.0. The van der Waals surface area contributed by atoms with E-state index in [-0.39, 0.29) is 5.91 Å². The maximum Gasteiger partial charge on any atom is 0.283 e. The van der Waals surface area contributed by atoms with E-state index in [0.29, 0.717) is 28.0 Å². The molecule has 2 aromatic carbocycles. The molecular weight excluding hydrogens is 382 g/mol. The van der Waals surface area contributed by atoms with Crippen LogP contribution in [0.2, 0.25) is 5.02 Å². The minimum atomic E-state index is -0.274. The van der Waals surface area contributed by atoms with Crippen LogP contribution >= 0.6 is 22.9 Å². The molecule has 0 aliphatic carbocycles. The summed E-state index contributed by atoms with van der Waals surface area (Å²) in [5.41, 5.74) is 4.89. The van der Waals surface area contributed by atoms with Crippen LogP contribution in [0.3, 0.4) is 0 Å². The zero-order chi connectivity index (χ0) is 19.2. The average Bonchev–Trinajstić information content (AvgIpc) is 3.00. The predicted octanol–water partition coefficient (Wildman–Crippen LogP) is 4.76. The van der Waals surface area contributed by atoms with Crippen LogP contribution < -0.4 is 10.2 Å². The number of carbonyl (C=O) groups excluding carboxylic acids is 1. The molecule has 27 heavy (non-hydrogen) atoms. The number of para-hydroxylation sites is 1. The summed E-state index contributed by atoms with van der Waals surface area (Å²) >= 11 is 7.51. The Morgan fingerprint density at radius 3 is 2.70 bits per heavy atom. The number of benzene rings is 2. The highest BCUT2D eigenvalue weighted by Gasteiger charge is 2.12. The highest BCUT2D eigenvalue weighted by atomic mass is 35.5. The topological polar surface area (TPSA) is 63.6 Å². The first-order valence-corrected chi connectivity index (χ1v) is 9.46. The van der Waals surface area contributed by atoms with Crippen molar-refractivity contribution in [3.05, 3.63) is 80.3 Å². The molecule has 5 nitrogen and oxygen atoms in total. The molecule has 0 spiro atoms. The lowest BCUT2D eigenvalue weighted by Crippen LogP contribution is -2.17. The number of ether oxygens (including phenoxy) is 1. The Morgan fingerprint density at radius 2 is 1.96 bits per heavy atom. The lowest BCUT2D eigenvalue weighted by Gasteiger charge is -2.10. The normalized spacial score (nSPS) is 10.9. The predicted molar refractivity (Wildman–Crippen MR) is 109 cm³/mol. The van der Waals surface area contributed by atoms with E-state index in [1.165, 1.54) is 11.3 Å². The second kappa shape index (κ2) is 8.79. The molecule has 0 fully saturated rings. The van der Waals surface area contributed by atoms with Gasteiger partial charge in [0.25, 0.3) is 5.91 Å². The number of carbonyl (C=O) groups is 1. The van der Waals surface area contributed by atoms with Gasteiger partial charge in [0.2, 0.25) is 0 Å². The minimum Gasteiger partial charge on any atom is -0.488 e. The van der Waals surface area contributed by atoms with Crippen molar-refractivity contribution in [2.24, 2.45) is 5.10 Å². The number of nitrogens with one attached hydrogen (secondary N) is 1. The van der Waals surface area contributed by atoms with Crippen molar-refractivity contribution in [1.29, 1.82) is 0 Å². The van der Waals surface area contributed by atoms with Crippen molar-refractivity contribution in [2.75, 3.05) is 0 Å². The molecule has 1 amide bonds. The monoisotopic (exact) mass is 399 g/mol. The van der Waals surface area contributed by atoms with Crippen molar-refractivity contribution in [1.82, 2.24) is 10.4 Å². The van der Waals surface area contributed by atoms with Gasteiger partial charge in [0, 0.05) is 16.1 Å². The Bertz CT molecular complexity index is 985. The molecule has 1 N–H and O–H groups in total. The number of hydrazone groups is 1. The third-order valence-electron chi connectivity index (χ3n) is 3.74. The zero-order valence-electron chi connectivity index (χ0n) is 14.9. The molecular formula is C20H18ClN3O2S. The van der Waals surface area contributed by atoms with E-state index in [0.717, 1.165) is 16.1 Å². The highest BCUT2D eigenvalue weighted by molar-refractivity contribution is 7.13. The van der Waals surface area contributed by atoms with Crippen molar-refractivity contribution < 1.29 is 9.53 Å². The van der Waals surface area contributed by atoms with Crippen LogP contribution in [0, 0.1) is 13.8 Å². The Labute approximate surface area is 166 Å². The second-order valence-electron chi connectivity index (χ2n) is 5.76. The molecule has 0 saturated heterocycles. The van der Waals surface area contributed by atoms with E-state index in [4.69, 9.17) is 16.3 Å². The van der Waals surface area contributed by atoms with Crippen LogP contribution in [0.5, 0.6) is 5.75 Å². The summed E-state index contributed by atoms with van der Waals surface area (Å²) in [6, 6.07) is 15.0. The molecule has 0 atom stereocenters. The maximum absolute atomic E-state index is 12.2. The molecule has 0 radical (unpaired) electrons. The number of amides is 1. The molecule has 0 bridgehead atoms. The molecule has 0 aliphatic heterocycles. The zero-order valence-corrected chi connectivity index (χ0v) is 16.5. The lowest BCUT2D eigenvalue weighted by atomic mass is 10.2. The van der Waals surface area contributed by atoms with E-state index >= 15 is 0 Å². The van der Waals surface area contributed by atoms with Gasteiger partial charge >= 0.3 is 0 Å². The van der Waals surface area contributed by atoms with Gasteiger partial charge in [0.15, 0.2) is 0 Å². The fourth-order valence-corrected chi connectivity index (χ4v) is 3.44. The van der Waals surface area contributed by atoms with Crippen LogP contribution in [0.1, 0.15) is 31.5 Å². The SMILES string of the molecule is Cc1nc(C)c(C(=O)N/N=C/c2ccccc2OCc2ccccc2Cl)s1. The van der Waals surface area contributed by atoms with Crippen LogP contribution in [0.15, 0.2) is 53.6 Å². The molecule has 138 valence electrons. The standard InChI is InChI=1S/C20H18ClN3O2S/c1-13-19(27-14(2)23-13)20(25)24-22-11-15-7-4-6-10-18(15)26-12-16-8-3-5-9-17(16)21/h3-11H,12H2,1-2H3,(H,24,25)/b22-11+. The molecule has 0 unspecified atom stereocenters. The summed E-state index contributed by atoms with van der Waals surface area (Å²) in [7, 11) is 0. The van der Waals surface area contributed by atoms with Gasteiger partial charge in [-0.2, -0.15) is 5.10 Å². The molecule has 3 aromatic rings. The van der Waals surface area contributed by atoms with E-state index in [9.17, 15) is 4.79 Å². The smallest absolute Gasteiger partial charge is 0.283 e. The van der Waals surface area contributed by atoms with Gasteiger partial charge in [0.05, 0.1) is 16.9 Å². The fourth-order valence-electron chi connectivity index (χ4n) is 2.44. The molecule has 1 heterocycles. The van der Waals surface area contributed by atoms with E-state index in [1.807, 2.05) is 55.5 Å². The van der Waals surface area contributed by atoms with Crippen LogP contribution in [0.4, 0.5) is 0 Å². The molecule has 0 saturated carbocycles. The maximum atomic E-state index is 12.2. The summed E-state index contributed by atoms with van der Waals surface area (Å²) in [4.78, 5) is 17.0. The number of rotatable bonds is 6. The van der Waals surface area contributed by atoms with Gasteiger partial charge in [-0.05, 0) is 32.0 Å². The van der Waals surface area contributed by atoms with Gasteiger partial charge in [-0.3, -0.25) is 4.79 Å². The number of nitrogens with zero attached hydrogens (tertiary/aromatic N) is 2. The first-order valence-electron chi connectivity index (χ1n) is 8.27. The van der Waals surface area contributed by atoms with Crippen molar-refractivity contribution >= 4 is 35.1 Å². The largest absolute Gasteiger partial charge is 0.488 e. The molecule has 1 aromatic heterocycles. The van der Waals surface area contributed by atoms with E-state index in [1.54, 1.807) is 13.1 Å². The Hall–Kier alpha value is -2.70. The summed E-state index contributed by atoms with van der Waals surface area (Å²) in [6.07, 6.45) is 1.56. The van der Waals surface area contributed by atoms with Gasteiger partial charge in [-0.15, -0.1) is 11.3 Å². The minimum absolute atomic E-state index is 0.274. The quantitative estimate of drug-likeness (QED) is 0.480. The number of halogens is 1. The number of thiazole rings is 1. The highest BCUT2D eigenvalue weighted by Crippen LogP contribution is 2.21. The van der Waals surface area contributed by atoms with E-state index in [2.05, 4.69) is 15.5 Å². The van der Waals surface area contributed by atoms with Crippen LogP contribution in [0.25, 0.3) is 0 Å². The Morgan fingerprint density at radius 1 is 1.22 bits per heavy atom. The molecule has 7 heteroatoms.